The fourth-order valence-electron chi connectivity index (χ4n) is 3.29. The van der Waals surface area contributed by atoms with E-state index in [1.54, 1.807) is 4.57 Å². The lowest BCUT2D eigenvalue weighted by Gasteiger charge is -2.11. The molecule has 0 radical (unpaired) electrons. The standard InChI is InChI=1S/C21H26N6O2S/c1-5-6-9-12-26-17(28)14-10-7-8-11-15(14)27-19(26)23-24-20(27)30-13-16-22-18(25-29-16)21(2,3)4/h7-8,10-11H,5-6,9,12-13H2,1-4H3. The van der Waals surface area contributed by atoms with Gasteiger partial charge in [-0.1, -0.05) is 69.6 Å². The maximum absolute atomic E-state index is 13.1. The highest BCUT2D eigenvalue weighted by atomic mass is 32.2. The smallest absolute Gasteiger partial charge is 0.262 e. The Morgan fingerprint density at radius 1 is 1.13 bits per heavy atom. The average molecular weight is 427 g/mol. The minimum atomic E-state index is -0.168. The zero-order valence-electron chi connectivity index (χ0n) is 17.8. The molecule has 0 saturated carbocycles. The van der Waals surface area contributed by atoms with Crippen LogP contribution in [-0.2, 0) is 17.7 Å². The van der Waals surface area contributed by atoms with Crippen LogP contribution in [0.3, 0.4) is 0 Å². The van der Waals surface area contributed by atoms with Crippen molar-refractivity contribution in [1.82, 2.24) is 29.3 Å². The predicted molar refractivity (Wildman–Crippen MR) is 117 cm³/mol. The molecule has 0 fully saturated rings. The van der Waals surface area contributed by atoms with Crippen molar-refractivity contribution in [2.75, 3.05) is 0 Å². The Hall–Kier alpha value is -2.68. The maximum atomic E-state index is 13.1. The number of hydrogen-bond donors (Lipinski definition) is 0. The van der Waals surface area contributed by atoms with Crippen molar-refractivity contribution in [3.05, 3.63) is 46.3 Å². The molecule has 0 amide bonds. The van der Waals surface area contributed by atoms with E-state index in [1.807, 2.05) is 49.4 Å². The Bertz CT molecular complexity index is 1230. The zero-order valence-corrected chi connectivity index (χ0v) is 18.6. The van der Waals surface area contributed by atoms with Gasteiger partial charge in [-0.3, -0.25) is 13.8 Å². The van der Waals surface area contributed by atoms with E-state index in [4.69, 9.17) is 4.52 Å². The van der Waals surface area contributed by atoms with Crippen molar-refractivity contribution in [3.63, 3.8) is 0 Å². The Labute approximate surface area is 178 Å². The quantitative estimate of drug-likeness (QED) is 0.323. The van der Waals surface area contributed by atoms with Crippen molar-refractivity contribution in [3.8, 4) is 0 Å². The van der Waals surface area contributed by atoms with Crippen molar-refractivity contribution in [1.29, 1.82) is 0 Å². The average Bonchev–Trinajstić information content (AvgIpc) is 3.36. The van der Waals surface area contributed by atoms with Gasteiger partial charge in [0.05, 0.1) is 16.7 Å². The summed E-state index contributed by atoms with van der Waals surface area (Å²) in [6.45, 7) is 8.91. The number of aromatic nitrogens is 6. The Balaban J connectivity index is 1.72. The second-order valence-corrected chi connectivity index (χ2v) is 9.29. The molecule has 1 aromatic carbocycles. The molecule has 0 spiro atoms. The molecular formula is C21H26N6O2S. The van der Waals surface area contributed by atoms with Crippen LogP contribution in [0.5, 0.6) is 0 Å². The minimum Gasteiger partial charge on any atom is -0.338 e. The first kappa shape index (κ1) is 20.6. The van der Waals surface area contributed by atoms with Gasteiger partial charge in [-0.15, -0.1) is 10.2 Å². The van der Waals surface area contributed by atoms with Gasteiger partial charge in [0.2, 0.25) is 11.7 Å². The van der Waals surface area contributed by atoms with Gasteiger partial charge in [-0.25, -0.2) is 0 Å². The molecular weight excluding hydrogens is 400 g/mol. The SMILES string of the molecule is CCCCCn1c(=O)c2ccccc2n2c(SCc3nc(C(C)(C)C)no3)nnc12. The van der Waals surface area contributed by atoms with Gasteiger partial charge in [0.15, 0.2) is 11.0 Å². The van der Waals surface area contributed by atoms with Crippen LogP contribution in [0.1, 0.15) is 58.7 Å². The fourth-order valence-corrected chi connectivity index (χ4v) is 4.07. The molecule has 158 valence electrons. The van der Waals surface area contributed by atoms with Gasteiger partial charge in [0.1, 0.15) is 0 Å². The highest BCUT2D eigenvalue weighted by Gasteiger charge is 2.22. The third-order valence-electron chi connectivity index (χ3n) is 4.93. The summed E-state index contributed by atoms with van der Waals surface area (Å²) in [6, 6.07) is 7.59. The third kappa shape index (κ3) is 3.86. The first-order valence-electron chi connectivity index (χ1n) is 10.2. The molecule has 0 aliphatic heterocycles. The van der Waals surface area contributed by atoms with Gasteiger partial charge in [-0.05, 0) is 18.6 Å². The van der Waals surface area contributed by atoms with E-state index in [1.165, 1.54) is 11.8 Å². The van der Waals surface area contributed by atoms with E-state index in [9.17, 15) is 4.79 Å². The number of rotatable bonds is 7. The topological polar surface area (TPSA) is 91.1 Å². The molecule has 4 aromatic rings. The number of benzene rings is 1. The summed E-state index contributed by atoms with van der Waals surface area (Å²) in [5.41, 5.74) is 0.612. The van der Waals surface area contributed by atoms with Crippen molar-refractivity contribution < 1.29 is 4.52 Å². The number of hydrogen-bond acceptors (Lipinski definition) is 7. The van der Waals surface area contributed by atoms with E-state index in [-0.39, 0.29) is 11.0 Å². The largest absolute Gasteiger partial charge is 0.338 e. The summed E-state index contributed by atoms with van der Waals surface area (Å²) in [5.74, 6) is 2.27. The summed E-state index contributed by atoms with van der Waals surface area (Å²) >= 11 is 1.47. The van der Waals surface area contributed by atoms with E-state index in [2.05, 4.69) is 27.3 Å². The third-order valence-corrected chi connectivity index (χ3v) is 5.84. The van der Waals surface area contributed by atoms with E-state index >= 15 is 0 Å². The second-order valence-electron chi connectivity index (χ2n) is 8.35. The highest BCUT2D eigenvalue weighted by Crippen LogP contribution is 2.26. The highest BCUT2D eigenvalue weighted by molar-refractivity contribution is 7.98. The molecule has 0 atom stereocenters. The summed E-state index contributed by atoms with van der Waals surface area (Å²) < 4.78 is 9.09. The lowest BCUT2D eigenvalue weighted by molar-refractivity contribution is 0.372. The van der Waals surface area contributed by atoms with Gasteiger partial charge < -0.3 is 4.52 Å². The summed E-state index contributed by atoms with van der Waals surface area (Å²) in [4.78, 5) is 17.6. The number of fused-ring (bicyclic) bond motifs is 3. The van der Waals surface area contributed by atoms with Crippen molar-refractivity contribution >= 4 is 28.4 Å². The fraction of sp³-hybridized carbons (Fsp3) is 0.476. The Kier molecular flexibility index (Phi) is 5.64. The summed E-state index contributed by atoms with van der Waals surface area (Å²) in [5, 5.41) is 14.2. The van der Waals surface area contributed by atoms with Crippen LogP contribution < -0.4 is 5.56 Å². The molecule has 3 aromatic heterocycles. The van der Waals surface area contributed by atoms with Crippen molar-refractivity contribution in [2.24, 2.45) is 0 Å². The molecule has 4 rings (SSSR count). The van der Waals surface area contributed by atoms with E-state index in [0.29, 0.717) is 40.3 Å². The summed E-state index contributed by atoms with van der Waals surface area (Å²) in [7, 11) is 0. The molecule has 3 heterocycles. The van der Waals surface area contributed by atoms with Gasteiger partial charge in [-0.2, -0.15) is 4.98 Å². The number of aryl methyl sites for hydroxylation is 1. The van der Waals surface area contributed by atoms with Crippen LogP contribution in [0, 0.1) is 0 Å². The molecule has 0 bridgehead atoms. The second kappa shape index (κ2) is 8.22. The molecule has 0 N–H and O–H groups in total. The lowest BCUT2D eigenvalue weighted by Crippen LogP contribution is -2.23. The normalized spacial score (nSPS) is 12.3. The number of nitrogens with zero attached hydrogens (tertiary/aromatic N) is 6. The Morgan fingerprint density at radius 2 is 1.93 bits per heavy atom. The summed E-state index contributed by atoms with van der Waals surface area (Å²) in [6.07, 6.45) is 3.08. The molecule has 0 unspecified atom stereocenters. The molecule has 0 aliphatic rings. The monoisotopic (exact) mass is 426 g/mol. The maximum Gasteiger partial charge on any atom is 0.262 e. The Morgan fingerprint density at radius 3 is 2.67 bits per heavy atom. The van der Waals surface area contributed by atoms with E-state index in [0.717, 1.165) is 24.8 Å². The number of unbranched alkanes of at least 4 members (excludes halogenated alkanes) is 2. The van der Waals surface area contributed by atoms with Gasteiger partial charge in [0, 0.05) is 12.0 Å². The minimum absolute atomic E-state index is 0.0233. The van der Waals surface area contributed by atoms with Crippen LogP contribution in [0.25, 0.3) is 16.7 Å². The molecule has 9 heteroatoms. The number of thioether (sulfide) groups is 1. The van der Waals surface area contributed by atoms with Crippen molar-refractivity contribution in [2.45, 2.75) is 69.8 Å². The zero-order chi connectivity index (χ0) is 21.3. The number of para-hydroxylation sites is 1. The molecule has 8 nitrogen and oxygen atoms in total. The van der Waals surface area contributed by atoms with Crippen LogP contribution >= 0.6 is 11.8 Å². The van der Waals surface area contributed by atoms with Crippen LogP contribution in [0.15, 0.2) is 38.7 Å². The predicted octanol–water partition coefficient (Wildman–Crippen LogP) is 4.21. The molecule has 30 heavy (non-hydrogen) atoms. The van der Waals surface area contributed by atoms with E-state index < -0.39 is 0 Å². The van der Waals surface area contributed by atoms with Crippen LogP contribution in [0.2, 0.25) is 0 Å². The molecule has 0 aliphatic carbocycles. The van der Waals surface area contributed by atoms with Gasteiger partial charge >= 0.3 is 0 Å². The first-order valence-corrected chi connectivity index (χ1v) is 11.2. The lowest BCUT2D eigenvalue weighted by atomic mass is 9.96. The van der Waals surface area contributed by atoms with Gasteiger partial charge in [0.25, 0.3) is 5.56 Å². The molecule has 0 saturated heterocycles. The van der Waals surface area contributed by atoms with Crippen LogP contribution in [0.4, 0.5) is 0 Å². The van der Waals surface area contributed by atoms with Crippen LogP contribution in [-0.4, -0.2) is 29.3 Å². The first-order chi connectivity index (χ1) is 14.4.